The molecule has 1 amide bonds. The summed E-state index contributed by atoms with van der Waals surface area (Å²) in [6, 6.07) is 6.95. The first kappa shape index (κ1) is 16.3. The molecule has 0 saturated heterocycles. The number of ketones is 1. The van der Waals surface area contributed by atoms with Crippen LogP contribution in [0.2, 0.25) is 0 Å². The Hall–Kier alpha value is -3.09. The molecule has 0 saturated carbocycles. The summed E-state index contributed by atoms with van der Waals surface area (Å²) in [5, 5.41) is 14.0. The lowest BCUT2D eigenvalue weighted by atomic mass is 10.2. The number of nitrogens with one attached hydrogen (secondary N) is 1. The van der Waals surface area contributed by atoms with Crippen molar-refractivity contribution in [3.8, 4) is 0 Å². The third-order valence-electron chi connectivity index (χ3n) is 3.15. The van der Waals surface area contributed by atoms with E-state index in [1.54, 1.807) is 65.2 Å². The van der Waals surface area contributed by atoms with Gasteiger partial charge in [0.15, 0.2) is 24.8 Å². The number of amides is 1. The number of hydrogen-bond donors (Lipinski definition) is 2. The molecule has 23 heavy (non-hydrogen) atoms. The fourth-order valence-electron chi connectivity index (χ4n) is 2.14. The second-order valence-corrected chi connectivity index (χ2v) is 4.94. The Morgan fingerprint density at radius 2 is 1.83 bits per heavy atom. The van der Waals surface area contributed by atoms with Crippen LogP contribution >= 0.6 is 0 Å². The molecule has 0 aliphatic rings. The molecule has 0 unspecified atom stereocenters. The van der Waals surface area contributed by atoms with Gasteiger partial charge in [0.05, 0.1) is 11.8 Å². The molecule has 0 fully saturated rings. The molecule has 2 heterocycles. The van der Waals surface area contributed by atoms with Crippen LogP contribution in [0.5, 0.6) is 0 Å². The van der Waals surface area contributed by atoms with Crippen molar-refractivity contribution in [3.05, 3.63) is 60.2 Å². The summed E-state index contributed by atoms with van der Waals surface area (Å²) < 4.78 is 3.38. The molecule has 0 aliphatic heterocycles. The van der Waals surface area contributed by atoms with E-state index in [9.17, 15) is 9.59 Å². The van der Waals surface area contributed by atoms with Gasteiger partial charge in [0.2, 0.25) is 13.1 Å². The van der Waals surface area contributed by atoms with Crippen LogP contribution < -0.4 is 14.5 Å². The average molecular weight is 314 g/mol. The van der Waals surface area contributed by atoms with Gasteiger partial charge in [-0.3, -0.25) is 9.59 Å². The smallest absolute Gasteiger partial charge is 0.261 e. The van der Waals surface area contributed by atoms with Crippen molar-refractivity contribution in [1.82, 2.24) is 5.32 Å². The minimum atomic E-state index is -0.197. The number of carbonyl (C=O) groups is 2. The van der Waals surface area contributed by atoms with Gasteiger partial charge in [-0.1, -0.05) is 5.16 Å². The Morgan fingerprint density at radius 3 is 2.48 bits per heavy atom. The second-order valence-electron chi connectivity index (χ2n) is 4.94. The van der Waals surface area contributed by atoms with Gasteiger partial charge in [0, 0.05) is 19.2 Å². The molecule has 118 valence electrons. The average Bonchev–Trinajstić information content (AvgIpc) is 2.55. The highest BCUT2D eigenvalue weighted by Crippen LogP contribution is 1.94. The van der Waals surface area contributed by atoms with E-state index >= 15 is 0 Å². The Bertz CT molecular complexity index is 744. The molecule has 2 aromatic heterocycles. The van der Waals surface area contributed by atoms with Gasteiger partial charge in [-0.05, 0) is 12.1 Å². The molecule has 0 atom stereocenters. The molecule has 2 rings (SSSR count). The molecule has 0 spiro atoms. The normalized spacial score (nSPS) is 10.7. The van der Waals surface area contributed by atoms with E-state index in [0.29, 0.717) is 11.1 Å². The largest absolute Gasteiger partial charge is 0.411 e. The quantitative estimate of drug-likeness (QED) is 0.332. The molecular formula is C16H18N4O3+2. The molecule has 0 radical (unpaired) electrons. The van der Waals surface area contributed by atoms with Crippen LogP contribution in [-0.2, 0) is 17.9 Å². The van der Waals surface area contributed by atoms with Gasteiger partial charge in [-0.15, -0.1) is 0 Å². The molecule has 0 aliphatic carbocycles. The number of hydrogen-bond acceptors (Lipinski definition) is 4. The van der Waals surface area contributed by atoms with Crippen molar-refractivity contribution in [2.45, 2.75) is 13.1 Å². The van der Waals surface area contributed by atoms with E-state index < -0.39 is 0 Å². The van der Waals surface area contributed by atoms with Crippen LogP contribution in [0.4, 0.5) is 0 Å². The topological polar surface area (TPSA) is 86.5 Å². The summed E-state index contributed by atoms with van der Waals surface area (Å²) in [4.78, 5) is 23.8. The third kappa shape index (κ3) is 4.70. The molecule has 0 bridgehead atoms. The highest BCUT2D eigenvalue weighted by atomic mass is 16.4. The third-order valence-corrected chi connectivity index (χ3v) is 3.15. The van der Waals surface area contributed by atoms with Crippen molar-refractivity contribution < 1.29 is 23.9 Å². The number of nitrogens with zero attached hydrogens (tertiary/aromatic N) is 3. The molecule has 2 N–H and O–H groups in total. The van der Waals surface area contributed by atoms with Gasteiger partial charge in [0.25, 0.3) is 11.7 Å². The number of aromatic nitrogens is 2. The van der Waals surface area contributed by atoms with Crippen LogP contribution in [0.15, 0.2) is 54.2 Å². The van der Waals surface area contributed by atoms with E-state index in [4.69, 9.17) is 5.21 Å². The van der Waals surface area contributed by atoms with Gasteiger partial charge >= 0.3 is 0 Å². The molecule has 7 heteroatoms. The lowest BCUT2D eigenvalue weighted by Crippen LogP contribution is -2.45. The zero-order valence-corrected chi connectivity index (χ0v) is 12.7. The first-order valence-corrected chi connectivity index (χ1v) is 7.02. The highest BCUT2D eigenvalue weighted by Gasteiger charge is 2.16. The zero-order valence-electron chi connectivity index (χ0n) is 12.7. The maximum Gasteiger partial charge on any atom is 0.261 e. The van der Waals surface area contributed by atoms with Crippen LogP contribution in [0, 0.1) is 0 Å². The number of Topliss-reactive ketones (excluding diaryl/α,β-unsaturated/α-hetero) is 1. The lowest BCUT2D eigenvalue weighted by molar-refractivity contribution is -0.702. The Kier molecular flexibility index (Phi) is 5.51. The molecule has 7 nitrogen and oxygen atoms in total. The predicted octanol–water partition coefficient (Wildman–Crippen LogP) is -0.301. The number of oxime groups is 1. The Balaban J connectivity index is 2.05. The number of carbonyl (C=O) groups excluding carboxylic acids is 2. The van der Waals surface area contributed by atoms with Gasteiger partial charge in [-0.2, -0.15) is 9.13 Å². The fourth-order valence-corrected chi connectivity index (χ4v) is 2.14. The predicted molar refractivity (Wildman–Crippen MR) is 81.1 cm³/mol. The summed E-state index contributed by atoms with van der Waals surface area (Å²) >= 11 is 0. The fraction of sp³-hybridized carbons (Fsp3) is 0.188. The summed E-state index contributed by atoms with van der Waals surface area (Å²) in [5.74, 6) is -0.218. The SMILES string of the molecule is CNC(=O)c1ccc[n+](CC(=O)C[n+]2cccc(/C=N\O)c2)c1. The van der Waals surface area contributed by atoms with Crippen LogP contribution in [0.1, 0.15) is 15.9 Å². The van der Waals surface area contributed by atoms with Crippen molar-refractivity contribution in [3.63, 3.8) is 0 Å². The van der Waals surface area contributed by atoms with Gasteiger partial charge in [-0.25, -0.2) is 0 Å². The van der Waals surface area contributed by atoms with Crippen molar-refractivity contribution >= 4 is 17.9 Å². The molecule has 2 aromatic rings. The van der Waals surface area contributed by atoms with Gasteiger partial charge in [0.1, 0.15) is 5.56 Å². The maximum atomic E-state index is 12.2. The van der Waals surface area contributed by atoms with Crippen molar-refractivity contribution in [1.29, 1.82) is 0 Å². The first-order valence-electron chi connectivity index (χ1n) is 7.02. The van der Waals surface area contributed by atoms with E-state index in [0.717, 1.165) is 0 Å². The highest BCUT2D eigenvalue weighted by molar-refractivity contribution is 5.93. The van der Waals surface area contributed by atoms with Gasteiger partial charge < -0.3 is 10.5 Å². The minimum absolute atomic E-state index is 0.0212. The number of pyridine rings is 2. The summed E-state index contributed by atoms with van der Waals surface area (Å²) in [5.41, 5.74) is 1.19. The van der Waals surface area contributed by atoms with E-state index in [1.807, 2.05) is 0 Å². The zero-order chi connectivity index (χ0) is 16.7. The summed E-state index contributed by atoms with van der Waals surface area (Å²) in [7, 11) is 1.56. The van der Waals surface area contributed by atoms with Crippen LogP contribution in [-0.4, -0.2) is 30.2 Å². The van der Waals surface area contributed by atoms with Crippen LogP contribution in [0.25, 0.3) is 0 Å². The van der Waals surface area contributed by atoms with Crippen molar-refractivity contribution in [2.75, 3.05) is 7.05 Å². The Labute approximate surface area is 133 Å². The van der Waals surface area contributed by atoms with Crippen LogP contribution in [0.3, 0.4) is 0 Å². The minimum Gasteiger partial charge on any atom is -0.411 e. The van der Waals surface area contributed by atoms with E-state index in [2.05, 4.69) is 10.5 Å². The molecular weight excluding hydrogens is 296 g/mol. The monoisotopic (exact) mass is 314 g/mol. The lowest BCUT2D eigenvalue weighted by Gasteiger charge is -1.99. The molecule has 0 aromatic carbocycles. The summed E-state index contributed by atoms with van der Waals surface area (Å²) in [6.45, 7) is 0.348. The van der Waals surface area contributed by atoms with Crippen molar-refractivity contribution in [2.24, 2.45) is 5.16 Å². The second kappa shape index (κ2) is 7.79. The maximum absolute atomic E-state index is 12.2. The summed E-state index contributed by atoms with van der Waals surface area (Å²) in [6.07, 6.45) is 8.14. The Morgan fingerprint density at radius 1 is 1.17 bits per heavy atom. The van der Waals surface area contributed by atoms with E-state index in [1.165, 1.54) is 6.21 Å². The van der Waals surface area contributed by atoms with E-state index in [-0.39, 0.29) is 24.8 Å². The number of rotatable bonds is 6. The first-order chi connectivity index (χ1) is 11.1. The standard InChI is InChI=1S/C16H16N4O3/c1-17-16(22)14-5-3-7-20(10-14)12-15(21)11-19-6-2-4-13(9-19)8-18-23/h2-10H,11-12H2,1H3/p+2/b18-8-.